The second-order valence-corrected chi connectivity index (χ2v) is 5.59. The molecule has 0 radical (unpaired) electrons. The lowest BCUT2D eigenvalue weighted by Crippen LogP contribution is -2.29. The molecule has 1 heterocycles. The van der Waals surface area contributed by atoms with Crippen molar-refractivity contribution in [1.82, 2.24) is 20.1 Å². The van der Waals surface area contributed by atoms with Gasteiger partial charge in [0, 0.05) is 12.6 Å². The zero-order valence-corrected chi connectivity index (χ0v) is 11.7. The van der Waals surface area contributed by atoms with Crippen molar-refractivity contribution in [2.75, 3.05) is 0 Å². The van der Waals surface area contributed by atoms with Gasteiger partial charge in [0.2, 0.25) is 0 Å². The molecular weight excluding hydrogens is 224 g/mol. The predicted octanol–water partition coefficient (Wildman–Crippen LogP) is 2.75. The number of nitrogens with one attached hydrogen (secondary N) is 1. The van der Waals surface area contributed by atoms with E-state index in [2.05, 4.69) is 29.2 Å². The number of hydrogen-bond acceptors (Lipinski definition) is 3. The Hall–Kier alpha value is -0.900. The van der Waals surface area contributed by atoms with Crippen LogP contribution >= 0.6 is 0 Å². The van der Waals surface area contributed by atoms with Gasteiger partial charge in [-0.15, -0.1) is 0 Å². The van der Waals surface area contributed by atoms with Crippen LogP contribution in [0.2, 0.25) is 0 Å². The van der Waals surface area contributed by atoms with Gasteiger partial charge in [-0.3, -0.25) is 0 Å². The lowest BCUT2D eigenvalue weighted by atomic mass is 10.0. The summed E-state index contributed by atoms with van der Waals surface area (Å²) in [6.07, 6.45) is 9.51. The molecule has 1 saturated carbocycles. The molecule has 1 N–H and O–H groups in total. The Morgan fingerprint density at radius 1 is 1.33 bits per heavy atom. The fraction of sp³-hybridized carbons (Fsp3) is 0.857. The largest absolute Gasteiger partial charge is 0.307 e. The van der Waals surface area contributed by atoms with E-state index in [0.29, 0.717) is 6.04 Å². The van der Waals surface area contributed by atoms with Gasteiger partial charge in [-0.1, -0.05) is 26.7 Å². The summed E-state index contributed by atoms with van der Waals surface area (Å²) in [7, 11) is 0. The molecule has 102 valence electrons. The van der Waals surface area contributed by atoms with Crippen LogP contribution in [0.5, 0.6) is 0 Å². The molecule has 0 aromatic carbocycles. The summed E-state index contributed by atoms with van der Waals surface area (Å²) < 4.78 is 2.02. The lowest BCUT2D eigenvalue weighted by Gasteiger charge is -2.16. The highest BCUT2D eigenvalue weighted by molar-refractivity contribution is 4.85. The van der Waals surface area contributed by atoms with Gasteiger partial charge in [0.25, 0.3) is 0 Å². The fourth-order valence-electron chi connectivity index (χ4n) is 2.75. The molecule has 2 unspecified atom stereocenters. The zero-order chi connectivity index (χ0) is 12.8. The molecule has 0 bridgehead atoms. The van der Waals surface area contributed by atoms with E-state index in [0.717, 1.165) is 31.3 Å². The van der Waals surface area contributed by atoms with Gasteiger partial charge >= 0.3 is 0 Å². The highest BCUT2D eigenvalue weighted by atomic mass is 15.3. The minimum Gasteiger partial charge on any atom is -0.307 e. The molecule has 2 rings (SSSR count). The first-order chi connectivity index (χ1) is 8.79. The van der Waals surface area contributed by atoms with Crippen molar-refractivity contribution >= 4 is 0 Å². The Labute approximate surface area is 110 Å². The van der Waals surface area contributed by atoms with Gasteiger partial charge in [-0.25, -0.2) is 9.67 Å². The van der Waals surface area contributed by atoms with E-state index in [1.54, 1.807) is 6.33 Å². The van der Waals surface area contributed by atoms with E-state index in [1.165, 1.54) is 32.1 Å². The quantitative estimate of drug-likeness (QED) is 0.817. The molecule has 1 aliphatic rings. The molecule has 18 heavy (non-hydrogen) atoms. The van der Waals surface area contributed by atoms with Crippen molar-refractivity contribution < 1.29 is 0 Å². The van der Waals surface area contributed by atoms with Gasteiger partial charge in [-0.2, -0.15) is 5.10 Å². The van der Waals surface area contributed by atoms with Crippen molar-refractivity contribution in [3.63, 3.8) is 0 Å². The standard InChI is InChI=1S/C14H26N4/c1-3-9-18-14(16-11-17-18)10-15-13-6-4-5-12(2)7-8-13/h11-13,15H,3-10H2,1-2H3. The van der Waals surface area contributed by atoms with E-state index >= 15 is 0 Å². The fourth-order valence-corrected chi connectivity index (χ4v) is 2.75. The Bertz CT molecular complexity index is 347. The Kier molecular flexibility index (Phi) is 5.17. The Balaban J connectivity index is 1.81. The predicted molar refractivity (Wildman–Crippen MR) is 73.2 cm³/mol. The monoisotopic (exact) mass is 250 g/mol. The molecule has 1 aromatic heterocycles. The average Bonchev–Trinajstić information content (AvgIpc) is 2.69. The third-order valence-electron chi connectivity index (χ3n) is 3.94. The maximum absolute atomic E-state index is 4.35. The minimum atomic E-state index is 0.668. The molecule has 1 aliphatic carbocycles. The maximum Gasteiger partial charge on any atom is 0.140 e. The van der Waals surface area contributed by atoms with Gasteiger partial charge < -0.3 is 5.32 Å². The molecule has 1 fully saturated rings. The van der Waals surface area contributed by atoms with Gasteiger partial charge in [0.1, 0.15) is 12.2 Å². The van der Waals surface area contributed by atoms with Gasteiger partial charge in [0.15, 0.2) is 0 Å². The second kappa shape index (κ2) is 6.88. The van der Waals surface area contributed by atoms with Crippen LogP contribution in [0.25, 0.3) is 0 Å². The van der Waals surface area contributed by atoms with Crippen molar-refractivity contribution in [2.45, 2.75) is 71.5 Å². The summed E-state index contributed by atoms with van der Waals surface area (Å²) in [5, 5.41) is 7.93. The summed E-state index contributed by atoms with van der Waals surface area (Å²) in [6.45, 7) is 6.38. The van der Waals surface area contributed by atoms with Crippen LogP contribution in [0, 0.1) is 5.92 Å². The molecular formula is C14H26N4. The summed E-state index contributed by atoms with van der Waals surface area (Å²) in [5.74, 6) is 1.98. The average molecular weight is 250 g/mol. The maximum atomic E-state index is 4.35. The van der Waals surface area contributed by atoms with Crippen LogP contribution in [0.15, 0.2) is 6.33 Å². The molecule has 4 nitrogen and oxygen atoms in total. The normalized spacial score (nSPS) is 25.0. The summed E-state index contributed by atoms with van der Waals surface area (Å²) >= 11 is 0. The van der Waals surface area contributed by atoms with Crippen LogP contribution in [0.3, 0.4) is 0 Å². The third kappa shape index (κ3) is 3.80. The minimum absolute atomic E-state index is 0.668. The smallest absolute Gasteiger partial charge is 0.140 e. The highest BCUT2D eigenvalue weighted by Gasteiger charge is 2.16. The van der Waals surface area contributed by atoms with E-state index in [1.807, 2.05) is 4.68 Å². The first kappa shape index (κ1) is 13.5. The van der Waals surface area contributed by atoms with Crippen LogP contribution in [-0.4, -0.2) is 20.8 Å². The van der Waals surface area contributed by atoms with E-state index in [9.17, 15) is 0 Å². The van der Waals surface area contributed by atoms with Crippen molar-refractivity contribution in [3.8, 4) is 0 Å². The second-order valence-electron chi connectivity index (χ2n) is 5.59. The van der Waals surface area contributed by atoms with Crippen LogP contribution in [0.4, 0.5) is 0 Å². The third-order valence-corrected chi connectivity index (χ3v) is 3.94. The Morgan fingerprint density at radius 3 is 3.06 bits per heavy atom. The van der Waals surface area contributed by atoms with E-state index in [-0.39, 0.29) is 0 Å². The number of nitrogens with zero attached hydrogens (tertiary/aromatic N) is 3. The summed E-state index contributed by atoms with van der Waals surface area (Å²) in [4.78, 5) is 4.35. The van der Waals surface area contributed by atoms with Crippen molar-refractivity contribution in [2.24, 2.45) is 5.92 Å². The van der Waals surface area contributed by atoms with Crippen LogP contribution < -0.4 is 5.32 Å². The first-order valence-corrected chi connectivity index (χ1v) is 7.39. The highest BCUT2D eigenvalue weighted by Crippen LogP contribution is 2.22. The molecule has 0 spiro atoms. The lowest BCUT2D eigenvalue weighted by molar-refractivity contribution is 0.431. The molecule has 4 heteroatoms. The van der Waals surface area contributed by atoms with Crippen molar-refractivity contribution in [1.29, 1.82) is 0 Å². The molecule has 1 aromatic rings. The van der Waals surface area contributed by atoms with E-state index in [4.69, 9.17) is 0 Å². The summed E-state index contributed by atoms with van der Waals surface area (Å²) in [5.41, 5.74) is 0. The number of rotatable bonds is 5. The van der Waals surface area contributed by atoms with E-state index < -0.39 is 0 Å². The summed E-state index contributed by atoms with van der Waals surface area (Å²) in [6, 6.07) is 0.668. The SMILES string of the molecule is CCCn1ncnc1CNC1CCCC(C)CC1. The number of aromatic nitrogens is 3. The molecule has 0 saturated heterocycles. The molecule has 0 aliphatic heterocycles. The molecule has 2 atom stereocenters. The Morgan fingerprint density at radius 2 is 2.22 bits per heavy atom. The van der Waals surface area contributed by atoms with Crippen LogP contribution in [0.1, 0.15) is 58.2 Å². The van der Waals surface area contributed by atoms with Crippen LogP contribution in [-0.2, 0) is 13.1 Å². The van der Waals surface area contributed by atoms with Crippen molar-refractivity contribution in [3.05, 3.63) is 12.2 Å². The van der Waals surface area contributed by atoms with Gasteiger partial charge in [0.05, 0.1) is 6.54 Å². The first-order valence-electron chi connectivity index (χ1n) is 7.39. The van der Waals surface area contributed by atoms with Gasteiger partial charge in [-0.05, 0) is 31.6 Å². The topological polar surface area (TPSA) is 42.7 Å². The zero-order valence-electron chi connectivity index (χ0n) is 11.7. The number of aryl methyl sites for hydroxylation is 1. The molecule has 0 amide bonds. The number of hydrogen-bond donors (Lipinski definition) is 1.